The van der Waals surface area contributed by atoms with Gasteiger partial charge in [-0.05, 0) is 56.9 Å². The van der Waals surface area contributed by atoms with E-state index in [1.54, 1.807) is 7.11 Å². The number of hydrogen-bond donors (Lipinski definition) is 1. The topological polar surface area (TPSA) is 67.2 Å². The maximum atomic E-state index is 12.8. The molecule has 1 amide bonds. The normalized spacial score (nSPS) is 18.7. The van der Waals surface area contributed by atoms with Gasteiger partial charge in [-0.25, -0.2) is 0 Å². The summed E-state index contributed by atoms with van der Waals surface area (Å²) in [5.74, 6) is 1.38. The number of nitrogens with zero attached hydrogens (tertiary/aromatic N) is 2. The number of para-hydroxylation sites is 1. The van der Waals surface area contributed by atoms with Crippen molar-refractivity contribution >= 4 is 33.5 Å². The Bertz CT molecular complexity index is 1100. The van der Waals surface area contributed by atoms with Gasteiger partial charge in [-0.1, -0.05) is 18.2 Å². The fourth-order valence-electron chi connectivity index (χ4n) is 5.03. The van der Waals surface area contributed by atoms with Crippen molar-refractivity contribution in [3.8, 4) is 5.75 Å². The number of furan rings is 1. The van der Waals surface area contributed by atoms with Crippen LogP contribution < -0.4 is 10.1 Å². The van der Waals surface area contributed by atoms with Gasteiger partial charge in [0.15, 0.2) is 0 Å². The second-order valence-corrected chi connectivity index (χ2v) is 9.16. The van der Waals surface area contributed by atoms with Crippen LogP contribution in [-0.4, -0.2) is 75.3 Å². The van der Waals surface area contributed by atoms with Crippen molar-refractivity contribution in [3.05, 3.63) is 36.4 Å². The summed E-state index contributed by atoms with van der Waals surface area (Å²) in [6.07, 6.45) is 3.56. The monoisotopic (exact) mass is 451 g/mol. The van der Waals surface area contributed by atoms with E-state index in [4.69, 9.17) is 13.9 Å². The lowest BCUT2D eigenvalue weighted by Crippen LogP contribution is -2.41. The van der Waals surface area contributed by atoms with Crippen LogP contribution in [0.25, 0.3) is 21.9 Å². The Hall–Kier alpha value is -2.61. The maximum Gasteiger partial charge on any atom is 0.238 e. The number of amides is 1. The minimum atomic E-state index is -0.0180. The molecule has 0 atom stereocenters. The predicted molar refractivity (Wildman–Crippen MR) is 130 cm³/mol. The molecule has 0 saturated carbocycles. The number of rotatable bonds is 7. The molecule has 2 saturated heterocycles. The summed E-state index contributed by atoms with van der Waals surface area (Å²) in [4.78, 5) is 17.6. The van der Waals surface area contributed by atoms with Crippen molar-refractivity contribution < 1.29 is 18.7 Å². The smallest absolute Gasteiger partial charge is 0.238 e. The first-order valence-electron chi connectivity index (χ1n) is 12.0. The Balaban J connectivity index is 1.15. The van der Waals surface area contributed by atoms with Gasteiger partial charge >= 0.3 is 0 Å². The minimum absolute atomic E-state index is 0.0180. The number of morpholine rings is 1. The quantitative estimate of drug-likeness (QED) is 0.586. The molecule has 3 heterocycles. The highest BCUT2D eigenvalue weighted by Gasteiger charge is 2.22. The first-order valence-corrected chi connectivity index (χ1v) is 12.0. The first kappa shape index (κ1) is 22.2. The fraction of sp³-hybridized carbons (Fsp3) is 0.500. The molecule has 7 heteroatoms. The summed E-state index contributed by atoms with van der Waals surface area (Å²) in [5, 5.41) is 5.07. The third-order valence-electron chi connectivity index (χ3n) is 7.00. The highest BCUT2D eigenvalue weighted by atomic mass is 16.5. The Kier molecular flexibility index (Phi) is 6.80. The molecule has 176 valence electrons. The summed E-state index contributed by atoms with van der Waals surface area (Å²) < 4.78 is 17.0. The molecular weight excluding hydrogens is 418 g/mol. The van der Waals surface area contributed by atoms with E-state index in [1.807, 2.05) is 36.4 Å². The van der Waals surface area contributed by atoms with E-state index >= 15 is 0 Å². The largest absolute Gasteiger partial charge is 0.495 e. The number of carbonyl (C=O) groups is 1. The Morgan fingerprint density at radius 2 is 1.82 bits per heavy atom. The molecule has 2 aliphatic heterocycles. The number of methoxy groups -OCH3 is 1. The first-order chi connectivity index (χ1) is 16.2. The van der Waals surface area contributed by atoms with E-state index in [2.05, 4.69) is 15.1 Å². The van der Waals surface area contributed by atoms with Crippen LogP contribution >= 0.6 is 0 Å². The van der Waals surface area contributed by atoms with E-state index in [0.29, 0.717) is 18.0 Å². The number of piperidine rings is 1. The molecule has 0 spiro atoms. The number of nitrogens with one attached hydrogen (secondary N) is 1. The van der Waals surface area contributed by atoms with Crippen molar-refractivity contribution in [3.63, 3.8) is 0 Å². The van der Waals surface area contributed by atoms with Crippen molar-refractivity contribution in [1.82, 2.24) is 9.80 Å². The lowest BCUT2D eigenvalue weighted by atomic mass is 9.93. The van der Waals surface area contributed by atoms with E-state index in [-0.39, 0.29) is 5.91 Å². The van der Waals surface area contributed by atoms with Crippen LogP contribution in [0.2, 0.25) is 0 Å². The lowest BCUT2D eigenvalue weighted by Gasteiger charge is -2.33. The molecule has 3 aromatic rings. The number of likely N-dealkylation sites (tertiary alicyclic amines) is 1. The standard InChI is InChI=1S/C26H33N3O4/c1-31-25-16-21-20-4-2-3-5-23(20)33-24(21)17-22(25)27-26(30)18-29-10-7-19(8-11-29)6-9-28-12-14-32-15-13-28/h2-5,16-17,19H,6-15,18H2,1H3,(H,27,30). The van der Waals surface area contributed by atoms with Gasteiger partial charge in [0.1, 0.15) is 16.9 Å². The van der Waals surface area contributed by atoms with E-state index in [0.717, 1.165) is 80.1 Å². The Morgan fingerprint density at radius 1 is 1.03 bits per heavy atom. The molecule has 1 N–H and O–H groups in total. The summed E-state index contributed by atoms with van der Waals surface area (Å²) in [6, 6.07) is 11.7. The van der Waals surface area contributed by atoms with Gasteiger partial charge in [0.2, 0.25) is 5.91 Å². The zero-order valence-electron chi connectivity index (χ0n) is 19.3. The van der Waals surface area contributed by atoms with Crippen LogP contribution in [0.4, 0.5) is 5.69 Å². The van der Waals surface area contributed by atoms with Crippen LogP contribution in [0.5, 0.6) is 5.75 Å². The van der Waals surface area contributed by atoms with Gasteiger partial charge in [-0.15, -0.1) is 0 Å². The van der Waals surface area contributed by atoms with Crippen molar-refractivity contribution in [2.24, 2.45) is 5.92 Å². The number of benzene rings is 2. The summed E-state index contributed by atoms with van der Waals surface area (Å²) in [5.41, 5.74) is 2.22. The fourth-order valence-corrected chi connectivity index (χ4v) is 5.03. The van der Waals surface area contributed by atoms with Gasteiger partial charge in [0, 0.05) is 29.9 Å². The van der Waals surface area contributed by atoms with Gasteiger partial charge in [0.25, 0.3) is 0 Å². The molecule has 5 rings (SSSR count). The van der Waals surface area contributed by atoms with E-state index in [9.17, 15) is 4.79 Å². The van der Waals surface area contributed by atoms with E-state index in [1.165, 1.54) is 13.0 Å². The van der Waals surface area contributed by atoms with Crippen LogP contribution in [0, 0.1) is 5.92 Å². The number of fused-ring (bicyclic) bond motifs is 3. The number of ether oxygens (including phenoxy) is 2. The molecule has 1 aromatic heterocycles. The van der Waals surface area contributed by atoms with Crippen LogP contribution in [0.3, 0.4) is 0 Å². The Labute approximate surface area is 194 Å². The van der Waals surface area contributed by atoms with Crippen LogP contribution in [-0.2, 0) is 9.53 Å². The molecule has 7 nitrogen and oxygen atoms in total. The summed E-state index contributed by atoms with van der Waals surface area (Å²) in [7, 11) is 1.63. The molecule has 0 unspecified atom stereocenters. The van der Waals surface area contributed by atoms with E-state index < -0.39 is 0 Å². The minimum Gasteiger partial charge on any atom is -0.495 e. The Morgan fingerprint density at radius 3 is 2.61 bits per heavy atom. The van der Waals surface area contributed by atoms with Crippen molar-refractivity contribution in [2.75, 3.05) is 64.9 Å². The zero-order valence-corrected chi connectivity index (χ0v) is 19.3. The molecule has 33 heavy (non-hydrogen) atoms. The summed E-state index contributed by atoms with van der Waals surface area (Å²) >= 11 is 0. The average molecular weight is 452 g/mol. The molecule has 2 fully saturated rings. The molecule has 0 radical (unpaired) electrons. The number of anilines is 1. The third-order valence-corrected chi connectivity index (χ3v) is 7.00. The predicted octanol–water partition coefficient (Wildman–Crippen LogP) is 3.97. The molecule has 0 aliphatic carbocycles. The SMILES string of the molecule is COc1cc2c(cc1NC(=O)CN1CCC(CCN3CCOCC3)CC1)oc1ccccc12. The molecule has 2 aromatic carbocycles. The van der Waals surface area contributed by atoms with Crippen molar-refractivity contribution in [1.29, 1.82) is 0 Å². The van der Waals surface area contributed by atoms with Gasteiger partial charge in [0.05, 0.1) is 32.6 Å². The summed E-state index contributed by atoms with van der Waals surface area (Å²) in [6.45, 7) is 7.35. The number of hydrogen-bond acceptors (Lipinski definition) is 6. The van der Waals surface area contributed by atoms with Gasteiger partial charge in [-0.3, -0.25) is 14.6 Å². The third kappa shape index (κ3) is 5.16. The zero-order chi connectivity index (χ0) is 22.6. The van der Waals surface area contributed by atoms with Crippen LogP contribution in [0.1, 0.15) is 19.3 Å². The lowest BCUT2D eigenvalue weighted by molar-refractivity contribution is -0.117. The average Bonchev–Trinajstić information content (AvgIpc) is 3.21. The number of carbonyl (C=O) groups excluding carboxylic acids is 1. The van der Waals surface area contributed by atoms with Gasteiger partial charge < -0.3 is 19.2 Å². The molecule has 2 aliphatic rings. The second kappa shape index (κ2) is 10.1. The van der Waals surface area contributed by atoms with Crippen molar-refractivity contribution in [2.45, 2.75) is 19.3 Å². The highest BCUT2D eigenvalue weighted by Crippen LogP contribution is 2.36. The maximum absolute atomic E-state index is 12.8. The molecule has 0 bridgehead atoms. The molecular formula is C26H33N3O4. The highest BCUT2D eigenvalue weighted by molar-refractivity contribution is 6.07. The van der Waals surface area contributed by atoms with Gasteiger partial charge in [-0.2, -0.15) is 0 Å². The van der Waals surface area contributed by atoms with Crippen LogP contribution in [0.15, 0.2) is 40.8 Å². The second-order valence-electron chi connectivity index (χ2n) is 9.16.